The van der Waals surface area contributed by atoms with Crippen LogP contribution in [0, 0.1) is 0 Å². The SMILES string of the molecule is CCCOc1ccccc1Oc1nc(Cl)nnc1Cl. The maximum absolute atomic E-state index is 5.84. The molecular formula is C12H11Cl2N3O2. The van der Waals surface area contributed by atoms with E-state index < -0.39 is 0 Å². The summed E-state index contributed by atoms with van der Waals surface area (Å²) < 4.78 is 11.1. The third-order valence-electron chi connectivity index (χ3n) is 2.11. The van der Waals surface area contributed by atoms with Crippen LogP contribution in [-0.4, -0.2) is 21.8 Å². The van der Waals surface area contributed by atoms with Crippen molar-refractivity contribution < 1.29 is 9.47 Å². The van der Waals surface area contributed by atoms with Crippen molar-refractivity contribution in [2.75, 3.05) is 6.61 Å². The van der Waals surface area contributed by atoms with Crippen molar-refractivity contribution in [1.29, 1.82) is 0 Å². The molecule has 0 unspecified atom stereocenters. The van der Waals surface area contributed by atoms with E-state index in [-0.39, 0.29) is 16.3 Å². The van der Waals surface area contributed by atoms with Crippen LogP contribution in [0.4, 0.5) is 0 Å². The van der Waals surface area contributed by atoms with Gasteiger partial charge in [0.2, 0.25) is 10.4 Å². The lowest BCUT2D eigenvalue weighted by atomic mass is 10.3. The Morgan fingerprint density at radius 1 is 1.11 bits per heavy atom. The summed E-state index contributed by atoms with van der Waals surface area (Å²) in [6.07, 6.45) is 0.899. The molecule has 0 aliphatic heterocycles. The van der Waals surface area contributed by atoms with Gasteiger partial charge in [0.05, 0.1) is 6.61 Å². The Morgan fingerprint density at radius 2 is 1.84 bits per heavy atom. The van der Waals surface area contributed by atoms with Crippen LogP contribution in [0.2, 0.25) is 10.4 Å². The Kier molecular flexibility index (Phi) is 4.76. The molecule has 0 amide bonds. The van der Waals surface area contributed by atoms with E-state index in [4.69, 9.17) is 32.7 Å². The third-order valence-corrected chi connectivity index (χ3v) is 2.51. The smallest absolute Gasteiger partial charge is 0.262 e. The quantitative estimate of drug-likeness (QED) is 0.841. The lowest BCUT2D eigenvalue weighted by Gasteiger charge is -2.11. The maximum Gasteiger partial charge on any atom is 0.262 e. The van der Waals surface area contributed by atoms with Crippen LogP contribution in [0.1, 0.15) is 13.3 Å². The van der Waals surface area contributed by atoms with Crippen LogP contribution in [0.5, 0.6) is 17.4 Å². The first-order chi connectivity index (χ1) is 9.20. The monoisotopic (exact) mass is 299 g/mol. The lowest BCUT2D eigenvalue weighted by Crippen LogP contribution is -1.99. The first-order valence-electron chi connectivity index (χ1n) is 5.66. The molecule has 0 aliphatic carbocycles. The van der Waals surface area contributed by atoms with Gasteiger partial charge in [-0.2, -0.15) is 4.98 Å². The highest BCUT2D eigenvalue weighted by Gasteiger charge is 2.12. The predicted molar refractivity (Wildman–Crippen MR) is 72.1 cm³/mol. The molecule has 0 saturated carbocycles. The number of aromatic nitrogens is 3. The lowest BCUT2D eigenvalue weighted by molar-refractivity contribution is 0.300. The molecule has 0 spiro atoms. The van der Waals surface area contributed by atoms with Crippen LogP contribution < -0.4 is 9.47 Å². The van der Waals surface area contributed by atoms with Gasteiger partial charge in [0.15, 0.2) is 11.5 Å². The highest BCUT2D eigenvalue weighted by atomic mass is 35.5. The van der Waals surface area contributed by atoms with Crippen molar-refractivity contribution in [1.82, 2.24) is 15.2 Å². The summed E-state index contributed by atoms with van der Waals surface area (Å²) in [7, 11) is 0. The van der Waals surface area contributed by atoms with Gasteiger partial charge in [-0.3, -0.25) is 0 Å². The van der Waals surface area contributed by atoms with E-state index in [0.717, 1.165) is 6.42 Å². The summed E-state index contributed by atoms with van der Waals surface area (Å²) in [5.41, 5.74) is 0. The fraction of sp³-hybridized carbons (Fsp3) is 0.250. The van der Waals surface area contributed by atoms with Gasteiger partial charge in [-0.05, 0) is 30.2 Å². The first kappa shape index (κ1) is 13.8. The van der Waals surface area contributed by atoms with Gasteiger partial charge in [-0.1, -0.05) is 30.7 Å². The van der Waals surface area contributed by atoms with Crippen molar-refractivity contribution in [2.24, 2.45) is 0 Å². The Morgan fingerprint density at radius 3 is 2.58 bits per heavy atom. The Bertz CT molecular complexity index is 566. The number of halogens is 2. The van der Waals surface area contributed by atoms with Gasteiger partial charge in [0, 0.05) is 0 Å². The van der Waals surface area contributed by atoms with E-state index >= 15 is 0 Å². The molecule has 0 aliphatic rings. The van der Waals surface area contributed by atoms with E-state index in [0.29, 0.717) is 18.1 Å². The zero-order chi connectivity index (χ0) is 13.7. The standard InChI is InChI=1S/C12H11Cl2N3O2/c1-2-7-18-8-5-3-4-6-9(8)19-11-10(13)16-17-12(14)15-11/h3-6H,2,7H2,1H3. The molecule has 7 heteroatoms. The minimum atomic E-state index is -0.0358. The van der Waals surface area contributed by atoms with Crippen LogP contribution in [0.15, 0.2) is 24.3 Å². The molecule has 2 aromatic rings. The summed E-state index contributed by atoms with van der Waals surface area (Å²) >= 11 is 11.5. The number of para-hydroxylation sites is 2. The van der Waals surface area contributed by atoms with Crippen molar-refractivity contribution in [2.45, 2.75) is 13.3 Å². The second kappa shape index (κ2) is 6.54. The Labute approximate surface area is 120 Å². The molecule has 0 bridgehead atoms. The molecule has 1 heterocycles. The normalized spacial score (nSPS) is 10.3. The van der Waals surface area contributed by atoms with Crippen LogP contribution >= 0.6 is 23.2 Å². The highest BCUT2D eigenvalue weighted by molar-refractivity contribution is 6.31. The molecule has 0 saturated heterocycles. The fourth-order valence-corrected chi connectivity index (χ4v) is 1.55. The zero-order valence-electron chi connectivity index (χ0n) is 10.1. The number of rotatable bonds is 5. The Balaban J connectivity index is 2.25. The highest BCUT2D eigenvalue weighted by Crippen LogP contribution is 2.33. The first-order valence-corrected chi connectivity index (χ1v) is 6.41. The van der Waals surface area contributed by atoms with E-state index in [2.05, 4.69) is 15.2 Å². The van der Waals surface area contributed by atoms with E-state index in [9.17, 15) is 0 Å². The van der Waals surface area contributed by atoms with Crippen LogP contribution in [-0.2, 0) is 0 Å². The van der Waals surface area contributed by atoms with E-state index in [1.165, 1.54) is 0 Å². The van der Waals surface area contributed by atoms with Gasteiger partial charge in [0.25, 0.3) is 5.88 Å². The summed E-state index contributed by atoms with van der Waals surface area (Å²) in [4.78, 5) is 3.87. The largest absolute Gasteiger partial charge is 0.490 e. The second-order valence-electron chi connectivity index (χ2n) is 3.57. The average Bonchev–Trinajstić information content (AvgIpc) is 2.42. The summed E-state index contributed by atoms with van der Waals surface area (Å²) in [5.74, 6) is 1.19. The van der Waals surface area contributed by atoms with Crippen LogP contribution in [0.3, 0.4) is 0 Å². The minimum Gasteiger partial charge on any atom is -0.490 e. The number of hydrogen-bond donors (Lipinski definition) is 0. The topological polar surface area (TPSA) is 57.1 Å². The molecule has 1 aromatic carbocycles. The molecule has 19 heavy (non-hydrogen) atoms. The van der Waals surface area contributed by atoms with Crippen molar-refractivity contribution in [3.63, 3.8) is 0 Å². The number of nitrogens with zero attached hydrogens (tertiary/aromatic N) is 3. The molecule has 0 radical (unpaired) electrons. The molecular weight excluding hydrogens is 289 g/mol. The van der Waals surface area contributed by atoms with Gasteiger partial charge in [-0.15, -0.1) is 10.2 Å². The molecule has 5 nitrogen and oxygen atoms in total. The fourth-order valence-electron chi connectivity index (χ4n) is 1.32. The van der Waals surface area contributed by atoms with Crippen molar-refractivity contribution in [3.05, 3.63) is 34.7 Å². The van der Waals surface area contributed by atoms with E-state index in [1.807, 2.05) is 19.1 Å². The molecule has 100 valence electrons. The molecule has 2 rings (SSSR count). The summed E-state index contributed by atoms with van der Waals surface area (Å²) in [6, 6.07) is 7.22. The summed E-state index contributed by atoms with van der Waals surface area (Å²) in [6.45, 7) is 2.62. The van der Waals surface area contributed by atoms with E-state index in [1.54, 1.807) is 12.1 Å². The maximum atomic E-state index is 5.84. The zero-order valence-corrected chi connectivity index (χ0v) is 11.6. The molecule has 0 atom stereocenters. The van der Waals surface area contributed by atoms with Gasteiger partial charge in [0.1, 0.15) is 0 Å². The second-order valence-corrected chi connectivity index (χ2v) is 4.27. The number of ether oxygens (including phenoxy) is 2. The number of hydrogen-bond acceptors (Lipinski definition) is 5. The predicted octanol–water partition coefficient (Wildman–Crippen LogP) is 3.76. The molecule has 0 N–H and O–H groups in total. The van der Waals surface area contributed by atoms with Crippen molar-refractivity contribution >= 4 is 23.2 Å². The van der Waals surface area contributed by atoms with Gasteiger partial charge >= 0.3 is 0 Å². The average molecular weight is 300 g/mol. The van der Waals surface area contributed by atoms with Gasteiger partial charge < -0.3 is 9.47 Å². The minimum absolute atomic E-state index is 0.0358. The van der Waals surface area contributed by atoms with Crippen LogP contribution in [0.25, 0.3) is 0 Å². The number of benzene rings is 1. The Hall–Kier alpha value is -1.59. The molecule has 0 fully saturated rings. The molecule has 1 aromatic heterocycles. The third kappa shape index (κ3) is 3.68. The van der Waals surface area contributed by atoms with Gasteiger partial charge in [-0.25, -0.2) is 0 Å². The van der Waals surface area contributed by atoms with Crippen molar-refractivity contribution in [3.8, 4) is 17.4 Å². The summed E-state index contributed by atoms with van der Waals surface area (Å²) in [5, 5.41) is 7.14.